The molecule has 0 aliphatic heterocycles. The number of aryl methyl sites for hydroxylation is 1. The second-order valence-electron chi connectivity index (χ2n) is 4.77. The average molecular weight is 455 g/mol. The van der Waals surface area contributed by atoms with Gasteiger partial charge in [0.2, 0.25) is 0 Å². The van der Waals surface area contributed by atoms with E-state index in [1.54, 1.807) is 17.9 Å². The molecule has 132 valence electrons. The van der Waals surface area contributed by atoms with Gasteiger partial charge in [-0.05, 0) is 17.7 Å². The van der Waals surface area contributed by atoms with Crippen LogP contribution in [0.2, 0.25) is 0 Å². The molecular formula is C14H17F3IN5O. The molecule has 6 nitrogen and oxygen atoms in total. The predicted octanol–water partition coefficient (Wildman–Crippen LogP) is 2.54. The second-order valence-corrected chi connectivity index (χ2v) is 4.77. The number of hydrogen-bond donors (Lipinski definition) is 2. The van der Waals surface area contributed by atoms with Crippen molar-refractivity contribution in [1.29, 1.82) is 0 Å². The lowest BCUT2D eigenvalue weighted by Crippen LogP contribution is -2.31. The Labute approximate surface area is 153 Å². The Kier molecular flexibility index (Phi) is 7.32. The molecule has 0 atom stereocenters. The number of hydrogen-bond acceptors (Lipinski definition) is 3. The van der Waals surface area contributed by atoms with Crippen molar-refractivity contribution in [2.24, 2.45) is 17.8 Å². The molecule has 0 aliphatic rings. The minimum absolute atomic E-state index is 0. The molecule has 0 saturated heterocycles. The molecule has 0 saturated carbocycles. The Morgan fingerprint density at radius 2 is 1.96 bits per heavy atom. The number of aliphatic imine (C=N–C) groups is 1. The van der Waals surface area contributed by atoms with E-state index in [-0.39, 0.29) is 35.7 Å². The summed E-state index contributed by atoms with van der Waals surface area (Å²) >= 11 is 0. The molecule has 0 radical (unpaired) electrons. The van der Waals surface area contributed by atoms with Gasteiger partial charge in [0.05, 0.1) is 12.7 Å². The lowest BCUT2D eigenvalue weighted by atomic mass is 10.2. The lowest BCUT2D eigenvalue weighted by Gasteiger charge is -2.10. The quantitative estimate of drug-likeness (QED) is 0.413. The first-order valence-electron chi connectivity index (χ1n) is 6.68. The topological polar surface area (TPSA) is 77.5 Å². The monoisotopic (exact) mass is 455 g/mol. The molecule has 0 fully saturated rings. The fourth-order valence-corrected chi connectivity index (χ4v) is 1.79. The normalized spacial score (nSPS) is 11.8. The van der Waals surface area contributed by atoms with Crippen molar-refractivity contribution in [1.82, 2.24) is 15.1 Å². The molecule has 2 rings (SSSR count). The van der Waals surface area contributed by atoms with Crippen LogP contribution in [0.4, 0.5) is 13.2 Å². The van der Waals surface area contributed by atoms with Gasteiger partial charge in [-0.25, -0.2) is 4.99 Å². The third-order valence-electron chi connectivity index (χ3n) is 2.82. The SMILES string of the molecule is Cn1cc(CN=C(N)NCc2ccc(OC(F)(F)F)cc2)cn1.I. The molecule has 2 aromatic rings. The highest BCUT2D eigenvalue weighted by Gasteiger charge is 2.30. The second kappa shape index (κ2) is 8.76. The van der Waals surface area contributed by atoms with Crippen LogP contribution in [0.1, 0.15) is 11.1 Å². The molecule has 3 N–H and O–H groups in total. The standard InChI is InChI=1S/C14H16F3N5O.HI/c1-22-9-11(8-21-22)7-20-13(18)19-6-10-2-4-12(5-3-10)23-14(15,16)17;/h2-5,8-9H,6-7H2,1H3,(H3,18,19,20);1H. The van der Waals surface area contributed by atoms with Crippen LogP contribution >= 0.6 is 24.0 Å². The van der Waals surface area contributed by atoms with Crippen LogP contribution < -0.4 is 15.8 Å². The molecule has 1 heterocycles. The first-order valence-corrected chi connectivity index (χ1v) is 6.68. The van der Waals surface area contributed by atoms with Gasteiger partial charge in [0, 0.05) is 25.4 Å². The number of nitrogens with two attached hydrogens (primary N) is 1. The van der Waals surface area contributed by atoms with E-state index in [1.165, 1.54) is 24.3 Å². The van der Waals surface area contributed by atoms with Gasteiger partial charge in [0.1, 0.15) is 5.75 Å². The fourth-order valence-electron chi connectivity index (χ4n) is 1.79. The summed E-state index contributed by atoms with van der Waals surface area (Å²) in [4.78, 5) is 4.15. The van der Waals surface area contributed by atoms with Gasteiger partial charge in [-0.1, -0.05) is 12.1 Å². The summed E-state index contributed by atoms with van der Waals surface area (Å²) < 4.78 is 41.6. The molecule has 0 bridgehead atoms. The molecule has 24 heavy (non-hydrogen) atoms. The van der Waals surface area contributed by atoms with Crippen LogP contribution in [0.5, 0.6) is 5.75 Å². The summed E-state index contributed by atoms with van der Waals surface area (Å²) in [5.41, 5.74) is 7.40. The van der Waals surface area contributed by atoms with E-state index >= 15 is 0 Å². The zero-order valence-corrected chi connectivity index (χ0v) is 15.1. The van der Waals surface area contributed by atoms with E-state index in [0.717, 1.165) is 11.1 Å². The minimum atomic E-state index is -4.69. The van der Waals surface area contributed by atoms with Gasteiger partial charge in [-0.3, -0.25) is 4.68 Å². The summed E-state index contributed by atoms with van der Waals surface area (Å²) in [7, 11) is 1.81. The van der Waals surface area contributed by atoms with E-state index in [2.05, 4.69) is 20.1 Å². The largest absolute Gasteiger partial charge is 0.573 e. The number of halogens is 4. The summed E-state index contributed by atoms with van der Waals surface area (Å²) in [6.45, 7) is 0.736. The highest BCUT2D eigenvalue weighted by atomic mass is 127. The maximum atomic E-state index is 12.0. The van der Waals surface area contributed by atoms with Crippen molar-refractivity contribution < 1.29 is 17.9 Å². The van der Waals surface area contributed by atoms with Gasteiger partial charge in [-0.15, -0.1) is 37.1 Å². The fraction of sp³-hybridized carbons (Fsp3) is 0.286. The maximum absolute atomic E-state index is 12.0. The van der Waals surface area contributed by atoms with E-state index < -0.39 is 6.36 Å². The van der Waals surface area contributed by atoms with Gasteiger partial charge in [0.15, 0.2) is 5.96 Å². The maximum Gasteiger partial charge on any atom is 0.573 e. The summed E-state index contributed by atoms with van der Waals surface area (Å²) in [5, 5.41) is 6.90. The summed E-state index contributed by atoms with van der Waals surface area (Å²) in [5.74, 6) is -0.0241. The number of benzene rings is 1. The van der Waals surface area contributed by atoms with Crippen molar-refractivity contribution in [2.45, 2.75) is 19.5 Å². The molecule has 1 aromatic carbocycles. The number of ether oxygens (including phenoxy) is 1. The van der Waals surface area contributed by atoms with Crippen molar-refractivity contribution in [3.63, 3.8) is 0 Å². The van der Waals surface area contributed by atoms with Gasteiger partial charge in [0.25, 0.3) is 0 Å². The molecule has 10 heteroatoms. The molecule has 0 aliphatic carbocycles. The Hall–Kier alpha value is -1.98. The van der Waals surface area contributed by atoms with Crippen LogP contribution in [0.15, 0.2) is 41.7 Å². The lowest BCUT2D eigenvalue weighted by molar-refractivity contribution is -0.274. The average Bonchev–Trinajstić information content (AvgIpc) is 2.88. The number of nitrogens with zero attached hydrogens (tertiary/aromatic N) is 3. The number of rotatable bonds is 5. The Bertz CT molecular complexity index is 670. The number of nitrogens with one attached hydrogen (secondary N) is 1. The highest BCUT2D eigenvalue weighted by Crippen LogP contribution is 2.22. The Balaban J connectivity index is 0.00000288. The van der Waals surface area contributed by atoms with Crippen molar-refractivity contribution >= 4 is 29.9 Å². The number of guanidine groups is 1. The van der Waals surface area contributed by atoms with Gasteiger partial charge in [-0.2, -0.15) is 5.10 Å². The zero-order valence-electron chi connectivity index (χ0n) is 12.7. The highest BCUT2D eigenvalue weighted by molar-refractivity contribution is 14.0. The summed E-state index contributed by atoms with van der Waals surface area (Å²) in [6.07, 6.45) is -1.17. The molecular weight excluding hydrogens is 438 g/mol. The van der Waals surface area contributed by atoms with Crippen LogP contribution in [-0.2, 0) is 20.1 Å². The van der Waals surface area contributed by atoms with E-state index in [9.17, 15) is 13.2 Å². The molecule has 1 aromatic heterocycles. The zero-order chi connectivity index (χ0) is 16.9. The first kappa shape index (κ1) is 20.1. The molecule has 0 spiro atoms. The van der Waals surface area contributed by atoms with Crippen LogP contribution in [0.25, 0.3) is 0 Å². The van der Waals surface area contributed by atoms with E-state index in [4.69, 9.17) is 5.73 Å². The van der Waals surface area contributed by atoms with Crippen molar-refractivity contribution in [3.8, 4) is 5.75 Å². The van der Waals surface area contributed by atoms with Gasteiger partial charge >= 0.3 is 6.36 Å². The third-order valence-corrected chi connectivity index (χ3v) is 2.82. The van der Waals surface area contributed by atoms with Gasteiger partial charge < -0.3 is 15.8 Å². The smallest absolute Gasteiger partial charge is 0.406 e. The molecule has 0 unspecified atom stereocenters. The van der Waals surface area contributed by atoms with Crippen LogP contribution in [0, 0.1) is 0 Å². The molecule has 0 amide bonds. The Morgan fingerprint density at radius 3 is 2.50 bits per heavy atom. The minimum Gasteiger partial charge on any atom is -0.406 e. The number of aromatic nitrogens is 2. The Morgan fingerprint density at radius 1 is 1.29 bits per heavy atom. The van der Waals surface area contributed by atoms with E-state index in [0.29, 0.717) is 13.1 Å². The first-order chi connectivity index (χ1) is 10.8. The van der Waals surface area contributed by atoms with Crippen LogP contribution in [0.3, 0.4) is 0 Å². The van der Waals surface area contributed by atoms with Crippen molar-refractivity contribution in [2.75, 3.05) is 0 Å². The predicted molar refractivity (Wildman–Crippen MR) is 93.9 cm³/mol. The van der Waals surface area contributed by atoms with Crippen LogP contribution in [-0.4, -0.2) is 22.1 Å². The number of alkyl halides is 3. The van der Waals surface area contributed by atoms with Crippen molar-refractivity contribution in [3.05, 3.63) is 47.8 Å². The summed E-state index contributed by atoms with van der Waals surface area (Å²) in [6, 6.07) is 5.52. The van der Waals surface area contributed by atoms with E-state index in [1.807, 2.05) is 6.20 Å². The third kappa shape index (κ3) is 7.06.